The molecule has 1 aromatic heterocycles. The molecule has 0 saturated carbocycles. The summed E-state index contributed by atoms with van der Waals surface area (Å²) in [7, 11) is 0. The molecule has 0 aromatic carbocycles. The number of rotatable bonds is 2. The van der Waals surface area contributed by atoms with Gasteiger partial charge in [-0.1, -0.05) is 0 Å². The van der Waals surface area contributed by atoms with E-state index in [-0.39, 0.29) is 0 Å². The lowest BCUT2D eigenvalue weighted by molar-refractivity contribution is 0.440. The van der Waals surface area contributed by atoms with Crippen LogP contribution in [0.2, 0.25) is 0 Å². The largest absolute Gasteiger partial charge is 0.497 e. The molecule has 1 aromatic rings. The minimum absolute atomic E-state index is 0.466. The van der Waals surface area contributed by atoms with Crippen LogP contribution < -0.4 is 5.56 Å². The van der Waals surface area contributed by atoms with Gasteiger partial charge in [-0.3, -0.25) is 4.79 Å². The van der Waals surface area contributed by atoms with Crippen molar-refractivity contribution in [3.8, 4) is 0 Å². The molecule has 0 N–H and O–H groups in total. The standard InChI is InChI=1S/C9H11BF3N2O/c11-10(12,13)5-15-6-14-8-4-2-1-3-7(8)9(15)16/h6H,1-5H2/q-1. The highest BCUT2D eigenvalue weighted by Gasteiger charge is 2.25. The van der Waals surface area contributed by atoms with E-state index >= 15 is 0 Å². The summed E-state index contributed by atoms with van der Waals surface area (Å²) in [6.07, 6.45) is 2.87. The third-order valence-electron chi connectivity index (χ3n) is 2.71. The molecule has 0 aliphatic heterocycles. The quantitative estimate of drug-likeness (QED) is 0.723. The molecule has 1 aliphatic rings. The van der Waals surface area contributed by atoms with E-state index < -0.39 is 19.0 Å². The van der Waals surface area contributed by atoms with Gasteiger partial charge in [-0.2, -0.15) is 0 Å². The summed E-state index contributed by atoms with van der Waals surface area (Å²) in [6.45, 7) is -5.00. The van der Waals surface area contributed by atoms with Gasteiger partial charge in [0.2, 0.25) is 0 Å². The Bertz CT molecular complexity index is 455. The van der Waals surface area contributed by atoms with Gasteiger partial charge < -0.3 is 17.5 Å². The van der Waals surface area contributed by atoms with Gasteiger partial charge in [-0.05, 0) is 32.1 Å². The first-order valence-corrected chi connectivity index (χ1v) is 5.25. The minimum Gasteiger partial charge on any atom is -0.448 e. The Morgan fingerprint density at radius 1 is 1.31 bits per heavy atom. The number of hydrogen-bond donors (Lipinski definition) is 0. The fraction of sp³-hybridized carbons (Fsp3) is 0.556. The molecule has 0 atom stereocenters. The number of nitrogens with zero attached hydrogens (tertiary/aromatic N) is 2. The predicted molar refractivity (Wildman–Crippen MR) is 54.2 cm³/mol. The zero-order chi connectivity index (χ0) is 11.8. The van der Waals surface area contributed by atoms with Crippen LogP contribution in [0.1, 0.15) is 24.1 Å². The van der Waals surface area contributed by atoms with E-state index in [0.29, 0.717) is 28.7 Å². The first-order valence-electron chi connectivity index (χ1n) is 5.25. The normalized spacial score (nSPS) is 15.9. The zero-order valence-electron chi connectivity index (χ0n) is 8.63. The maximum atomic E-state index is 12.2. The summed E-state index contributed by atoms with van der Waals surface area (Å²) < 4.78 is 37.4. The number of hydrogen-bond acceptors (Lipinski definition) is 2. The lowest BCUT2D eigenvalue weighted by Crippen LogP contribution is -2.35. The zero-order valence-corrected chi connectivity index (χ0v) is 8.63. The van der Waals surface area contributed by atoms with E-state index in [1.165, 1.54) is 0 Å². The first kappa shape index (κ1) is 11.2. The Morgan fingerprint density at radius 3 is 2.69 bits per heavy atom. The molecule has 1 heterocycles. The highest BCUT2D eigenvalue weighted by molar-refractivity contribution is 6.57. The predicted octanol–water partition coefficient (Wildman–Crippen LogP) is 1.51. The highest BCUT2D eigenvalue weighted by atomic mass is 19.4. The molecule has 0 unspecified atom stereocenters. The van der Waals surface area contributed by atoms with Crippen LogP contribution in [0.3, 0.4) is 0 Å². The molecule has 2 rings (SSSR count). The minimum atomic E-state index is -5.00. The maximum Gasteiger partial charge on any atom is 0.497 e. The molecular formula is C9H11BF3N2O-. The van der Waals surface area contributed by atoms with Gasteiger partial charge in [0.25, 0.3) is 5.56 Å². The topological polar surface area (TPSA) is 34.9 Å². The third kappa shape index (κ3) is 2.28. The molecule has 0 fully saturated rings. The first-order chi connectivity index (χ1) is 7.47. The number of fused-ring (bicyclic) bond motifs is 1. The van der Waals surface area contributed by atoms with Gasteiger partial charge in [0.1, 0.15) is 0 Å². The molecule has 16 heavy (non-hydrogen) atoms. The van der Waals surface area contributed by atoms with E-state index in [4.69, 9.17) is 0 Å². The van der Waals surface area contributed by atoms with Crippen LogP contribution in [-0.2, 0) is 19.3 Å². The van der Waals surface area contributed by atoms with Crippen LogP contribution in [-0.4, -0.2) is 16.5 Å². The van der Waals surface area contributed by atoms with Crippen LogP contribution in [0.4, 0.5) is 12.9 Å². The fourth-order valence-corrected chi connectivity index (χ4v) is 1.98. The van der Waals surface area contributed by atoms with Gasteiger partial charge in [-0.25, -0.2) is 4.98 Å². The molecule has 0 bridgehead atoms. The summed E-state index contributed by atoms with van der Waals surface area (Å²) in [5.74, 6) is 0. The Balaban J connectivity index is 2.39. The number of aromatic nitrogens is 2. The lowest BCUT2D eigenvalue weighted by Gasteiger charge is -2.19. The molecule has 1 aliphatic carbocycles. The second kappa shape index (κ2) is 3.95. The van der Waals surface area contributed by atoms with Crippen LogP contribution in [0.25, 0.3) is 0 Å². The van der Waals surface area contributed by atoms with Crippen molar-refractivity contribution in [1.29, 1.82) is 0 Å². The molecule has 88 valence electrons. The number of aryl methyl sites for hydroxylation is 1. The Labute approximate surface area is 90.4 Å². The van der Waals surface area contributed by atoms with Crippen molar-refractivity contribution in [3.63, 3.8) is 0 Å². The second-order valence-corrected chi connectivity index (χ2v) is 4.04. The van der Waals surface area contributed by atoms with Crippen molar-refractivity contribution in [2.75, 3.05) is 0 Å². The molecule has 7 heteroatoms. The SMILES string of the molecule is O=c1c2c(ncn1C[B-](F)(F)F)CCCC2. The Morgan fingerprint density at radius 2 is 2.00 bits per heavy atom. The van der Waals surface area contributed by atoms with Crippen LogP contribution >= 0.6 is 0 Å². The molecular weight excluding hydrogens is 220 g/mol. The smallest absolute Gasteiger partial charge is 0.448 e. The molecule has 0 saturated heterocycles. The van der Waals surface area contributed by atoms with Gasteiger partial charge in [0, 0.05) is 5.56 Å². The molecule has 0 spiro atoms. The van der Waals surface area contributed by atoms with Crippen LogP contribution in [0.5, 0.6) is 0 Å². The van der Waals surface area contributed by atoms with E-state index in [0.717, 1.165) is 19.2 Å². The van der Waals surface area contributed by atoms with E-state index in [1.54, 1.807) is 0 Å². The van der Waals surface area contributed by atoms with Gasteiger partial charge in [0.15, 0.2) is 0 Å². The van der Waals surface area contributed by atoms with Gasteiger partial charge in [-0.15, -0.1) is 0 Å². The van der Waals surface area contributed by atoms with Crippen molar-refractivity contribution in [2.45, 2.75) is 32.1 Å². The van der Waals surface area contributed by atoms with E-state index in [9.17, 15) is 17.7 Å². The van der Waals surface area contributed by atoms with Crippen molar-refractivity contribution in [3.05, 3.63) is 27.9 Å². The molecule has 0 radical (unpaired) electrons. The summed E-state index contributed by atoms with van der Waals surface area (Å²) in [5, 5.41) is 0. The van der Waals surface area contributed by atoms with Crippen molar-refractivity contribution in [1.82, 2.24) is 9.55 Å². The average molecular weight is 231 g/mol. The van der Waals surface area contributed by atoms with Crippen molar-refractivity contribution >= 4 is 6.98 Å². The lowest BCUT2D eigenvalue weighted by atomic mass is 9.91. The van der Waals surface area contributed by atoms with Crippen molar-refractivity contribution in [2.24, 2.45) is 0 Å². The summed E-state index contributed by atoms with van der Waals surface area (Å²) >= 11 is 0. The maximum absolute atomic E-state index is 12.2. The highest BCUT2D eigenvalue weighted by Crippen LogP contribution is 2.16. The molecule has 3 nitrogen and oxygen atoms in total. The monoisotopic (exact) mass is 231 g/mol. The van der Waals surface area contributed by atoms with Crippen LogP contribution in [0, 0.1) is 0 Å². The third-order valence-corrected chi connectivity index (χ3v) is 2.71. The Hall–Kier alpha value is -1.27. The summed E-state index contributed by atoms with van der Waals surface area (Å²) in [6, 6.07) is 0. The van der Waals surface area contributed by atoms with Crippen molar-refractivity contribution < 1.29 is 12.9 Å². The fourth-order valence-electron chi connectivity index (χ4n) is 1.98. The second-order valence-electron chi connectivity index (χ2n) is 4.04. The summed E-state index contributed by atoms with van der Waals surface area (Å²) in [5.41, 5.74) is 0.611. The van der Waals surface area contributed by atoms with Gasteiger partial charge >= 0.3 is 6.98 Å². The average Bonchev–Trinajstić information content (AvgIpc) is 2.21. The van der Waals surface area contributed by atoms with E-state index in [1.807, 2.05) is 0 Å². The number of halogens is 3. The van der Waals surface area contributed by atoms with Gasteiger partial charge in [0.05, 0.1) is 12.0 Å². The van der Waals surface area contributed by atoms with Crippen LogP contribution in [0.15, 0.2) is 11.1 Å². The van der Waals surface area contributed by atoms with E-state index in [2.05, 4.69) is 4.98 Å². The molecule has 0 amide bonds. The summed E-state index contributed by atoms with van der Waals surface area (Å²) in [4.78, 5) is 15.7. The Kier molecular flexibility index (Phi) is 2.77.